The van der Waals surface area contributed by atoms with Crippen LogP contribution in [0.1, 0.15) is 18.4 Å². The first-order valence-electron chi connectivity index (χ1n) is 9.33. The highest BCUT2D eigenvalue weighted by Crippen LogP contribution is 2.17. The van der Waals surface area contributed by atoms with Crippen LogP contribution in [0.3, 0.4) is 0 Å². The third kappa shape index (κ3) is 6.37. The highest BCUT2D eigenvalue weighted by Gasteiger charge is 2.30. The van der Waals surface area contributed by atoms with Gasteiger partial charge in [-0.1, -0.05) is 17.7 Å². The fourth-order valence-electron chi connectivity index (χ4n) is 3.43. The maximum absolute atomic E-state index is 12.6. The zero-order chi connectivity index (χ0) is 18.4. The van der Waals surface area contributed by atoms with Gasteiger partial charge >= 0.3 is 6.03 Å². The number of rotatable bonds is 4. The molecule has 0 aliphatic carbocycles. The van der Waals surface area contributed by atoms with E-state index < -0.39 is 0 Å². The van der Waals surface area contributed by atoms with E-state index >= 15 is 0 Å². The lowest BCUT2D eigenvalue weighted by atomic mass is 9.97. The van der Waals surface area contributed by atoms with Gasteiger partial charge in [0.25, 0.3) is 0 Å². The van der Waals surface area contributed by atoms with Crippen molar-refractivity contribution in [3.63, 3.8) is 0 Å². The predicted molar refractivity (Wildman–Crippen MR) is 107 cm³/mol. The van der Waals surface area contributed by atoms with Gasteiger partial charge in [-0.15, -0.1) is 12.4 Å². The maximum atomic E-state index is 12.6. The molecule has 2 aliphatic heterocycles. The summed E-state index contributed by atoms with van der Waals surface area (Å²) in [4.78, 5) is 26.6. The van der Waals surface area contributed by atoms with Gasteiger partial charge in [0.05, 0.1) is 13.2 Å². The number of nitrogens with one attached hydrogen (secondary N) is 3. The van der Waals surface area contributed by atoms with E-state index in [0.29, 0.717) is 32.8 Å². The Morgan fingerprint density at radius 1 is 1.30 bits per heavy atom. The highest BCUT2D eigenvalue weighted by atomic mass is 35.5. The third-order valence-corrected chi connectivity index (χ3v) is 4.91. The number of aryl methyl sites for hydroxylation is 1. The van der Waals surface area contributed by atoms with Crippen molar-refractivity contribution in [2.45, 2.75) is 25.8 Å². The van der Waals surface area contributed by atoms with Gasteiger partial charge in [-0.3, -0.25) is 4.79 Å². The van der Waals surface area contributed by atoms with E-state index in [1.54, 1.807) is 0 Å². The number of morpholine rings is 1. The van der Waals surface area contributed by atoms with Crippen molar-refractivity contribution in [1.29, 1.82) is 0 Å². The second kappa shape index (κ2) is 10.5. The summed E-state index contributed by atoms with van der Waals surface area (Å²) in [7, 11) is 0. The Morgan fingerprint density at radius 2 is 2.07 bits per heavy atom. The molecule has 2 atom stereocenters. The summed E-state index contributed by atoms with van der Waals surface area (Å²) in [5.41, 5.74) is 1.93. The largest absolute Gasteiger partial charge is 0.378 e. The number of ether oxygens (including phenoxy) is 1. The Kier molecular flexibility index (Phi) is 8.34. The molecular formula is C19H29ClN4O3. The van der Waals surface area contributed by atoms with Crippen LogP contribution in [0.15, 0.2) is 24.3 Å². The van der Waals surface area contributed by atoms with Crippen LogP contribution in [-0.4, -0.2) is 62.3 Å². The molecule has 2 fully saturated rings. The molecule has 0 radical (unpaired) electrons. The molecule has 3 amide bonds. The summed E-state index contributed by atoms with van der Waals surface area (Å²) in [6.07, 6.45) is 1.98. The zero-order valence-electron chi connectivity index (χ0n) is 15.7. The van der Waals surface area contributed by atoms with E-state index in [1.807, 2.05) is 36.1 Å². The minimum atomic E-state index is -0.236. The third-order valence-electron chi connectivity index (χ3n) is 4.91. The predicted octanol–water partition coefficient (Wildman–Crippen LogP) is 1.77. The number of piperidine rings is 1. The zero-order valence-corrected chi connectivity index (χ0v) is 16.5. The first-order valence-corrected chi connectivity index (χ1v) is 9.33. The van der Waals surface area contributed by atoms with Gasteiger partial charge in [0.1, 0.15) is 6.04 Å². The summed E-state index contributed by atoms with van der Waals surface area (Å²) < 4.78 is 5.39. The van der Waals surface area contributed by atoms with Crippen molar-refractivity contribution in [3.05, 3.63) is 29.8 Å². The van der Waals surface area contributed by atoms with Crippen LogP contribution in [0.2, 0.25) is 0 Å². The molecule has 1 aromatic rings. The number of hydrogen-bond acceptors (Lipinski definition) is 4. The second-order valence-corrected chi connectivity index (χ2v) is 7.08. The van der Waals surface area contributed by atoms with Crippen LogP contribution in [0.25, 0.3) is 0 Å². The summed E-state index contributed by atoms with van der Waals surface area (Å²) in [5.74, 6) is 0.388. The van der Waals surface area contributed by atoms with E-state index in [1.165, 1.54) is 0 Å². The smallest absolute Gasteiger partial charge is 0.319 e. The second-order valence-electron chi connectivity index (χ2n) is 7.08. The lowest BCUT2D eigenvalue weighted by Crippen LogP contribution is -2.55. The van der Waals surface area contributed by atoms with Gasteiger partial charge in [0.15, 0.2) is 0 Å². The number of nitrogens with zero attached hydrogens (tertiary/aromatic N) is 1. The Morgan fingerprint density at radius 3 is 2.78 bits per heavy atom. The first-order chi connectivity index (χ1) is 12.6. The van der Waals surface area contributed by atoms with Crippen molar-refractivity contribution in [2.24, 2.45) is 5.92 Å². The average Bonchev–Trinajstić information content (AvgIpc) is 2.68. The first kappa shape index (κ1) is 21.5. The average molecular weight is 397 g/mol. The number of carbonyl (C=O) groups is 2. The van der Waals surface area contributed by atoms with Crippen molar-refractivity contribution in [1.82, 2.24) is 15.5 Å². The van der Waals surface area contributed by atoms with Gasteiger partial charge in [-0.25, -0.2) is 4.79 Å². The van der Waals surface area contributed by atoms with Gasteiger partial charge in [0, 0.05) is 31.9 Å². The molecule has 8 heteroatoms. The molecule has 3 N–H and O–H groups in total. The van der Waals surface area contributed by atoms with E-state index in [0.717, 1.165) is 30.6 Å². The molecule has 2 unspecified atom stereocenters. The molecule has 3 rings (SSSR count). The number of benzene rings is 1. The van der Waals surface area contributed by atoms with Crippen LogP contribution in [0.4, 0.5) is 10.5 Å². The van der Waals surface area contributed by atoms with E-state index in [4.69, 9.17) is 4.74 Å². The Bertz CT molecular complexity index is 620. The number of carbonyl (C=O) groups excluding carboxylic acids is 2. The quantitative estimate of drug-likeness (QED) is 0.724. The maximum Gasteiger partial charge on any atom is 0.319 e. The molecule has 2 heterocycles. The number of hydrogen-bond donors (Lipinski definition) is 3. The van der Waals surface area contributed by atoms with E-state index in [9.17, 15) is 9.59 Å². The molecule has 0 bridgehead atoms. The number of amides is 3. The number of urea groups is 1. The fraction of sp³-hybridized carbons (Fsp3) is 0.579. The molecule has 0 saturated carbocycles. The standard InChI is InChI=1S/C19H28N4O3.ClH/c1-14-4-6-16(7-5-14)22-19(25)21-11-15-3-2-9-23(12-15)18(24)17-13-26-10-8-20-17;/h4-7,15,17,20H,2-3,8-13H2,1H3,(H2,21,22,25);1H. The van der Waals surface area contributed by atoms with Crippen LogP contribution in [-0.2, 0) is 9.53 Å². The minimum Gasteiger partial charge on any atom is -0.378 e. The van der Waals surface area contributed by atoms with Gasteiger partial charge in [0.2, 0.25) is 5.91 Å². The lowest BCUT2D eigenvalue weighted by Gasteiger charge is -2.36. The number of halogens is 1. The van der Waals surface area contributed by atoms with E-state index in [2.05, 4.69) is 16.0 Å². The molecule has 7 nitrogen and oxygen atoms in total. The molecular weight excluding hydrogens is 368 g/mol. The summed E-state index contributed by atoms with van der Waals surface area (Å²) in [5, 5.41) is 8.98. The van der Waals surface area contributed by atoms with E-state index in [-0.39, 0.29) is 36.3 Å². The molecule has 2 aliphatic rings. The van der Waals surface area contributed by atoms with Gasteiger partial charge < -0.3 is 25.6 Å². The molecule has 0 aromatic heterocycles. The molecule has 0 spiro atoms. The van der Waals surface area contributed by atoms with Gasteiger partial charge in [-0.05, 0) is 37.8 Å². The topological polar surface area (TPSA) is 82.7 Å². The van der Waals surface area contributed by atoms with Crippen LogP contribution in [0, 0.1) is 12.8 Å². The monoisotopic (exact) mass is 396 g/mol. The Balaban J connectivity index is 0.00000261. The molecule has 1 aromatic carbocycles. The summed E-state index contributed by atoms with van der Waals surface area (Å²) >= 11 is 0. The van der Waals surface area contributed by atoms with Gasteiger partial charge in [-0.2, -0.15) is 0 Å². The summed E-state index contributed by atoms with van der Waals surface area (Å²) in [6.45, 7) is 5.86. The SMILES string of the molecule is Cc1ccc(NC(=O)NCC2CCCN(C(=O)C3COCCN3)C2)cc1.Cl. The number of anilines is 1. The number of likely N-dealkylation sites (tertiary alicyclic amines) is 1. The Labute approximate surface area is 166 Å². The van der Waals surface area contributed by atoms with Crippen LogP contribution in [0.5, 0.6) is 0 Å². The lowest BCUT2D eigenvalue weighted by molar-refractivity contribution is -0.138. The van der Waals surface area contributed by atoms with Crippen LogP contribution < -0.4 is 16.0 Å². The molecule has 2 saturated heterocycles. The normalized spacial score (nSPS) is 22.5. The fourth-order valence-corrected chi connectivity index (χ4v) is 3.43. The molecule has 27 heavy (non-hydrogen) atoms. The van der Waals surface area contributed by atoms with Crippen molar-refractivity contribution >= 4 is 30.0 Å². The van der Waals surface area contributed by atoms with Crippen molar-refractivity contribution in [3.8, 4) is 0 Å². The van der Waals surface area contributed by atoms with Crippen LogP contribution >= 0.6 is 12.4 Å². The van der Waals surface area contributed by atoms with Crippen molar-refractivity contribution < 1.29 is 14.3 Å². The molecule has 150 valence electrons. The summed E-state index contributed by atoms with van der Waals surface area (Å²) in [6, 6.07) is 7.25. The van der Waals surface area contributed by atoms with Crippen molar-refractivity contribution in [2.75, 3.05) is 44.7 Å². The highest BCUT2D eigenvalue weighted by molar-refractivity contribution is 5.89. The Hall–Kier alpha value is -1.83. The minimum absolute atomic E-state index is 0.